The quantitative estimate of drug-likeness (QED) is 0.250. The largest absolute Gasteiger partial charge is 0.494 e. The monoisotopic (exact) mass is 535 g/mol. The molecule has 2 heterocycles. The molecule has 34 heavy (non-hydrogen) atoms. The molecule has 1 unspecified atom stereocenters. The zero-order chi connectivity index (χ0) is 24.0. The Kier molecular flexibility index (Phi) is 5.77. The molecule has 0 aliphatic carbocycles. The Morgan fingerprint density at radius 2 is 1.74 bits per heavy atom. The van der Waals surface area contributed by atoms with Gasteiger partial charge in [-0.05, 0) is 54.4 Å². The SMILES string of the molecule is Cc1c(Cl)cccc1NC(=O)c1ccc(-c2[nH]c(O)c3c2C(O)N=C3c2ccc(Br)cc2)cc1. The van der Waals surface area contributed by atoms with Crippen molar-refractivity contribution in [1.82, 2.24) is 4.98 Å². The molecule has 3 aromatic carbocycles. The predicted octanol–water partition coefficient (Wildman–Crippen LogP) is 6.21. The number of fused-ring (bicyclic) bond motifs is 1. The molecule has 1 aliphatic heterocycles. The molecule has 4 N–H and O–H groups in total. The van der Waals surface area contributed by atoms with E-state index in [1.54, 1.807) is 42.5 Å². The number of nitrogens with one attached hydrogen (secondary N) is 2. The van der Waals surface area contributed by atoms with E-state index in [-0.39, 0.29) is 11.8 Å². The first-order valence-electron chi connectivity index (χ1n) is 10.5. The normalized spacial score (nSPS) is 14.6. The van der Waals surface area contributed by atoms with E-state index in [1.165, 1.54) is 0 Å². The molecule has 1 aliphatic rings. The van der Waals surface area contributed by atoms with Gasteiger partial charge in [-0.1, -0.05) is 57.9 Å². The average Bonchev–Trinajstić information content (AvgIpc) is 3.36. The molecule has 1 atom stereocenters. The average molecular weight is 537 g/mol. The minimum atomic E-state index is -1.12. The molecule has 6 nitrogen and oxygen atoms in total. The summed E-state index contributed by atoms with van der Waals surface area (Å²) in [5.74, 6) is -0.334. The first-order chi connectivity index (χ1) is 16.3. The summed E-state index contributed by atoms with van der Waals surface area (Å²) in [4.78, 5) is 20.1. The Balaban J connectivity index is 1.43. The van der Waals surface area contributed by atoms with Gasteiger partial charge in [0.1, 0.15) is 0 Å². The van der Waals surface area contributed by atoms with E-state index >= 15 is 0 Å². The molecule has 170 valence electrons. The maximum absolute atomic E-state index is 12.7. The van der Waals surface area contributed by atoms with Crippen LogP contribution < -0.4 is 5.32 Å². The standard InChI is InChI=1S/C26H19BrClN3O3/c1-13-18(28)3-2-4-19(13)29-24(32)16-7-5-14(6-8-16)22-20-21(26(34)30-22)23(31-25(20)33)15-9-11-17(27)12-10-15/h2-12,25,30,33-34H,1H3,(H,29,32). The first kappa shape index (κ1) is 22.4. The summed E-state index contributed by atoms with van der Waals surface area (Å²) in [6, 6.07) is 19.7. The highest BCUT2D eigenvalue weighted by molar-refractivity contribution is 9.10. The van der Waals surface area contributed by atoms with Crippen molar-refractivity contribution >= 4 is 44.8 Å². The van der Waals surface area contributed by atoms with E-state index in [9.17, 15) is 15.0 Å². The number of aromatic hydroxyl groups is 1. The Morgan fingerprint density at radius 3 is 2.44 bits per heavy atom. The Bertz CT molecular complexity index is 1440. The maximum atomic E-state index is 12.7. The summed E-state index contributed by atoms with van der Waals surface area (Å²) in [5, 5.41) is 24.8. The van der Waals surface area contributed by atoms with Crippen molar-refractivity contribution in [3.63, 3.8) is 0 Å². The van der Waals surface area contributed by atoms with Gasteiger partial charge in [0.15, 0.2) is 12.1 Å². The van der Waals surface area contributed by atoms with Crippen LogP contribution in [0.1, 0.15) is 38.8 Å². The van der Waals surface area contributed by atoms with Gasteiger partial charge < -0.3 is 20.5 Å². The highest BCUT2D eigenvalue weighted by atomic mass is 79.9. The van der Waals surface area contributed by atoms with Crippen LogP contribution in [0.4, 0.5) is 5.69 Å². The van der Waals surface area contributed by atoms with E-state index in [2.05, 4.69) is 31.2 Å². The lowest BCUT2D eigenvalue weighted by molar-refractivity contribution is 0.102. The van der Waals surface area contributed by atoms with Crippen LogP contribution >= 0.6 is 27.5 Å². The van der Waals surface area contributed by atoms with E-state index in [0.29, 0.717) is 44.4 Å². The second kappa shape index (κ2) is 8.76. The highest BCUT2D eigenvalue weighted by Crippen LogP contribution is 2.42. The number of aromatic nitrogens is 1. The van der Waals surface area contributed by atoms with Gasteiger partial charge in [0, 0.05) is 31.9 Å². The lowest BCUT2D eigenvalue weighted by Gasteiger charge is -2.10. The fourth-order valence-corrected chi connectivity index (χ4v) is 4.47. The third-order valence-corrected chi connectivity index (χ3v) is 6.77. The number of hydrogen-bond donors (Lipinski definition) is 4. The maximum Gasteiger partial charge on any atom is 0.255 e. The zero-order valence-corrected chi connectivity index (χ0v) is 20.3. The number of halogens is 2. The Labute approximate surface area is 209 Å². The number of carbonyl (C=O) groups excluding carboxylic acids is 1. The van der Waals surface area contributed by atoms with E-state index < -0.39 is 6.23 Å². The molecule has 0 radical (unpaired) electrons. The molecule has 0 spiro atoms. The molecule has 0 saturated heterocycles. The van der Waals surface area contributed by atoms with Crippen LogP contribution in [0.3, 0.4) is 0 Å². The lowest BCUT2D eigenvalue weighted by atomic mass is 9.99. The molecule has 1 aromatic heterocycles. The summed E-state index contributed by atoms with van der Waals surface area (Å²) < 4.78 is 0.921. The lowest BCUT2D eigenvalue weighted by Crippen LogP contribution is -2.12. The number of anilines is 1. The van der Waals surface area contributed by atoms with Gasteiger partial charge in [-0.2, -0.15) is 0 Å². The Hall–Kier alpha value is -3.39. The van der Waals surface area contributed by atoms with Crippen LogP contribution in [0, 0.1) is 6.92 Å². The predicted molar refractivity (Wildman–Crippen MR) is 137 cm³/mol. The van der Waals surface area contributed by atoms with Crippen molar-refractivity contribution in [1.29, 1.82) is 0 Å². The molecule has 5 rings (SSSR count). The third kappa shape index (κ3) is 3.92. The van der Waals surface area contributed by atoms with Crippen LogP contribution in [0.2, 0.25) is 5.02 Å². The molecule has 0 saturated carbocycles. The number of nitrogens with zero attached hydrogens (tertiary/aromatic N) is 1. The number of carbonyl (C=O) groups is 1. The van der Waals surface area contributed by atoms with Crippen LogP contribution in [0.5, 0.6) is 5.88 Å². The molecular weight excluding hydrogens is 518 g/mol. The van der Waals surface area contributed by atoms with Gasteiger partial charge in [0.2, 0.25) is 0 Å². The van der Waals surface area contributed by atoms with Crippen molar-refractivity contribution in [2.45, 2.75) is 13.2 Å². The minimum Gasteiger partial charge on any atom is -0.494 e. The molecule has 1 amide bonds. The van der Waals surface area contributed by atoms with Gasteiger partial charge in [0.25, 0.3) is 5.91 Å². The summed E-state index contributed by atoms with van der Waals surface area (Å²) in [7, 11) is 0. The molecular formula is C26H19BrClN3O3. The van der Waals surface area contributed by atoms with Crippen molar-refractivity contribution in [3.8, 4) is 17.1 Å². The summed E-state index contributed by atoms with van der Waals surface area (Å²) in [6.07, 6.45) is -1.12. The second-order valence-corrected chi connectivity index (χ2v) is 9.26. The van der Waals surface area contributed by atoms with Crippen molar-refractivity contribution in [2.75, 3.05) is 5.32 Å². The van der Waals surface area contributed by atoms with Crippen molar-refractivity contribution < 1.29 is 15.0 Å². The zero-order valence-electron chi connectivity index (χ0n) is 17.9. The number of hydrogen-bond acceptors (Lipinski definition) is 4. The number of aliphatic hydroxyl groups is 1. The summed E-state index contributed by atoms with van der Waals surface area (Å²) in [6.45, 7) is 1.84. The van der Waals surface area contributed by atoms with Gasteiger partial charge in [-0.25, -0.2) is 4.99 Å². The number of aromatic amines is 1. The summed E-state index contributed by atoms with van der Waals surface area (Å²) in [5.41, 5.74) is 5.43. The third-order valence-electron chi connectivity index (χ3n) is 5.83. The summed E-state index contributed by atoms with van der Waals surface area (Å²) >= 11 is 9.55. The van der Waals surface area contributed by atoms with E-state index in [0.717, 1.165) is 15.6 Å². The molecule has 4 aromatic rings. The smallest absolute Gasteiger partial charge is 0.255 e. The molecule has 8 heteroatoms. The van der Waals surface area contributed by atoms with Crippen LogP contribution in [-0.4, -0.2) is 26.8 Å². The molecule has 0 bridgehead atoms. The highest BCUT2D eigenvalue weighted by Gasteiger charge is 2.33. The number of benzene rings is 3. The van der Waals surface area contributed by atoms with Gasteiger partial charge in [-0.15, -0.1) is 0 Å². The van der Waals surface area contributed by atoms with Crippen LogP contribution in [0.25, 0.3) is 11.3 Å². The van der Waals surface area contributed by atoms with Crippen LogP contribution in [-0.2, 0) is 0 Å². The van der Waals surface area contributed by atoms with Crippen molar-refractivity contribution in [2.24, 2.45) is 4.99 Å². The fraction of sp³-hybridized carbons (Fsp3) is 0.0769. The molecule has 0 fully saturated rings. The van der Waals surface area contributed by atoms with E-state index in [1.807, 2.05) is 31.2 Å². The fourth-order valence-electron chi connectivity index (χ4n) is 4.03. The number of amides is 1. The van der Waals surface area contributed by atoms with Crippen LogP contribution in [0.15, 0.2) is 76.2 Å². The second-order valence-electron chi connectivity index (χ2n) is 7.94. The van der Waals surface area contributed by atoms with Crippen molar-refractivity contribution in [3.05, 3.63) is 104 Å². The van der Waals surface area contributed by atoms with Gasteiger partial charge in [-0.3, -0.25) is 4.79 Å². The first-order valence-corrected chi connectivity index (χ1v) is 11.6. The topological polar surface area (TPSA) is 97.7 Å². The number of aliphatic hydroxyl groups excluding tert-OH is 1. The van der Waals surface area contributed by atoms with E-state index in [4.69, 9.17) is 11.6 Å². The minimum absolute atomic E-state index is 0.0681. The Morgan fingerprint density at radius 1 is 1.06 bits per heavy atom. The number of H-pyrrole nitrogens is 1. The van der Waals surface area contributed by atoms with Gasteiger partial charge in [0.05, 0.1) is 17.0 Å². The number of aliphatic imine (C=N–C) groups is 1. The van der Waals surface area contributed by atoms with Gasteiger partial charge >= 0.3 is 0 Å². The number of rotatable bonds is 4.